The van der Waals surface area contributed by atoms with E-state index < -0.39 is 27.3 Å². The lowest BCUT2D eigenvalue weighted by Crippen LogP contribution is -2.30. The topological polar surface area (TPSA) is 68.3 Å². The number of aryl methyl sites for hydroxylation is 1. The number of hydrogen-bond acceptors (Lipinski definition) is 5. The van der Waals surface area contributed by atoms with E-state index in [2.05, 4.69) is 14.5 Å². The molecule has 1 saturated carbocycles. The average molecular weight is 430 g/mol. The first kappa shape index (κ1) is 19.9. The predicted octanol–water partition coefficient (Wildman–Crippen LogP) is 5.26. The molecule has 0 aliphatic heterocycles. The van der Waals surface area contributed by atoms with E-state index >= 15 is 0 Å². The zero-order chi connectivity index (χ0) is 21.0. The Morgan fingerprint density at radius 3 is 2.31 bits per heavy atom. The van der Waals surface area contributed by atoms with Gasteiger partial charge in [0.1, 0.15) is 5.82 Å². The second-order valence-electron chi connectivity index (χ2n) is 7.40. The van der Waals surface area contributed by atoms with Crippen molar-refractivity contribution in [1.82, 2.24) is 4.98 Å². The number of pyridine rings is 1. The van der Waals surface area contributed by atoms with Crippen LogP contribution in [0.1, 0.15) is 54.2 Å². The number of aromatic nitrogens is 1. The van der Waals surface area contributed by atoms with E-state index in [1.807, 2.05) is 0 Å². The van der Waals surface area contributed by atoms with Crippen molar-refractivity contribution in [3.05, 3.63) is 46.9 Å². The lowest BCUT2D eigenvalue weighted by molar-refractivity contribution is -0.0501. The predicted molar refractivity (Wildman–Crippen MR) is 98.2 cm³/mol. The molecule has 1 aromatic carbocycles. The summed E-state index contributed by atoms with van der Waals surface area (Å²) in [6.07, 6.45) is 4.27. The summed E-state index contributed by atoms with van der Waals surface area (Å²) < 4.78 is 80.2. The van der Waals surface area contributed by atoms with Crippen molar-refractivity contribution in [2.75, 3.05) is 5.32 Å². The maximum Gasteiger partial charge on any atom is 0.534 e. The van der Waals surface area contributed by atoms with Crippen LogP contribution in [-0.4, -0.2) is 18.9 Å². The molecule has 2 aromatic rings. The van der Waals surface area contributed by atoms with E-state index in [9.17, 15) is 26.0 Å². The Kier molecular flexibility index (Phi) is 4.71. The SMILES string of the molecule is Cc1cccc(Nc2cnc(OS(=O)(=O)C(F)(F)F)c3c2C2CCC3CC2)c1F. The standard InChI is InChI=1S/C19H18F4N2O3S/c1-10-3-2-4-13(17(10)20)25-14-9-24-18(28-29(26,27)19(21,22)23)16-12-7-5-11(6-8-12)15(14)16/h2-4,9,11-12,25H,5-8H2,1H3. The number of nitrogens with one attached hydrogen (secondary N) is 1. The maximum absolute atomic E-state index is 14.4. The van der Waals surface area contributed by atoms with Crippen LogP contribution in [0.2, 0.25) is 0 Å². The van der Waals surface area contributed by atoms with Crippen LogP contribution in [0.25, 0.3) is 0 Å². The van der Waals surface area contributed by atoms with Crippen LogP contribution in [0.4, 0.5) is 28.9 Å². The highest BCUT2D eigenvalue weighted by Gasteiger charge is 2.50. The van der Waals surface area contributed by atoms with Crippen LogP contribution in [0, 0.1) is 12.7 Å². The third-order valence-corrected chi connectivity index (χ3v) is 6.54. The molecule has 3 aliphatic carbocycles. The fraction of sp³-hybridized carbons (Fsp3) is 0.421. The van der Waals surface area contributed by atoms with Crippen LogP contribution in [-0.2, 0) is 10.1 Å². The Hall–Kier alpha value is -2.36. The third kappa shape index (κ3) is 3.43. The molecule has 0 unspecified atom stereocenters. The molecule has 0 saturated heterocycles. The Morgan fingerprint density at radius 2 is 1.69 bits per heavy atom. The molecule has 156 valence electrons. The lowest BCUT2D eigenvalue weighted by atomic mass is 9.67. The molecule has 1 N–H and O–H groups in total. The molecule has 0 radical (unpaired) electrons. The van der Waals surface area contributed by atoms with Crippen molar-refractivity contribution in [3.8, 4) is 5.88 Å². The summed E-state index contributed by atoms with van der Waals surface area (Å²) in [7, 11) is -5.83. The molecular formula is C19H18F4N2O3S. The van der Waals surface area contributed by atoms with Gasteiger partial charge < -0.3 is 9.50 Å². The summed E-state index contributed by atoms with van der Waals surface area (Å²) in [4.78, 5) is 3.87. The normalized spacial score (nSPS) is 21.0. The van der Waals surface area contributed by atoms with Gasteiger partial charge in [-0.3, -0.25) is 0 Å². The molecule has 1 heterocycles. The Morgan fingerprint density at radius 1 is 1.07 bits per heavy atom. The summed E-state index contributed by atoms with van der Waals surface area (Å²) in [5, 5.41) is 2.98. The highest BCUT2D eigenvalue weighted by molar-refractivity contribution is 7.87. The summed E-state index contributed by atoms with van der Waals surface area (Å²) >= 11 is 0. The van der Waals surface area contributed by atoms with E-state index in [1.54, 1.807) is 25.1 Å². The molecule has 29 heavy (non-hydrogen) atoms. The number of fused-ring (bicyclic) bond motifs is 2. The molecule has 1 fully saturated rings. The maximum atomic E-state index is 14.4. The van der Waals surface area contributed by atoms with Crippen molar-refractivity contribution < 1.29 is 30.2 Å². The van der Waals surface area contributed by atoms with Crippen LogP contribution in [0.15, 0.2) is 24.4 Å². The van der Waals surface area contributed by atoms with Gasteiger partial charge in [-0.15, -0.1) is 0 Å². The van der Waals surface area contributed by atoms with Gasteiger partial charge in [0.25, 0.3) is 0 Å². The number of nitrogens with zero attached hydrogens (tertiary/aromatic N) is 1. The van der Waals surface area contributed by atoms with E-state index in [0.717, 1.165) is 12.8 Å². The van der Waals surface area contributed by atoms with Crippen LogP contribution < -0.4 is 9.50 Å². The van der Waals surface area contributed by atoms with Crippen molar-refractivity contribution >= 4 is 21.5 Å². The summed E-state index contributed by atoms with van der Waals surface area (Å²) in [6, 6.07) is 4.85. The summed E-state index contributed by atoms with van der Waals surface area (Å²) in [5.41, 5.74) is -3.40. The van der Waals surface area contributed by atoms with E-state index in [0.29, 0.717) is 35.2 Å². The highest BCUT2D eigenvalue weighted by atomic mass is 32.2. The van der Waals surface area contributed by atoms with E-state index in [1.165, 1.54) is 6.20 Å². The fourth-order valence-corrected chi connectivity index (χ4v) is 4.67. The molecular weight excluding hydrogens is 412 g/mol. The number of halogens is 4. The summed E-state index contributed by atoms with van der Waals surface area (Å²) in [5.74, 6) is -1.11. The first-order valence-electron chi connectivity index (χ1n) is 9.14. The van der Waals surface area contributed by atoms with Gasteiger partial charge >= 0.3 is 15.6 Å². The fourth-order valence-electron chi connectivity index (χ4n) is 4.23. The number of alkyl halides is 3. The van der Waals surface area contributed by atoms with E-state index in [4.69, 9.17) is 0 Å². The Labute approximate surface area is 165 Å². The van der Waals surface area contributed by atoms with Gasteiger partial charge in [-0.25, -0.2) is 9.37 Å². The van der Waals surface area contributed by atoms with Crippen molar-refractivity contribution in [3.63, 3.8) is 0 Å². The minimum atomic E-state index is -5.83. The van der Waals surface area contributed by atoms with Gasteiger partial charge in [0.15, 0.2) is 0 Å². The molecule has 0 amide bonds. The first-order valence-corrected chi connectivity index (χ1v) is 10.5. The lowest BCUT2D eigenvalue weighted by Gasteiger charge is -2.39. The average Bonchev–Trinajstić information content (AvgIpc) is 2.66. The third-order valence-electron chi connectivity index (χ3n) is 5.60. The number of anilines is 2. The minimum Gasteiger partial charge on any atom is -0.355 e. The van der Waals surface area contributed by atoms with Crippen molar-refractivity contribution in [2.45, 2.75) is 50.0 Å². The van der Waals surface area contributed by atoms with Crippen LogP contribution in [0.3, 0.4) is 0 Å². The second kappa shape index (κ2) is 6.86. The zero-order valence-corrected chi connectivity index (χ0v) is 16.2. The van der Waals surface area contributed by atoms with Crippen molar-refractivity contribution in [2.24, 2.45) is 0 Å². The first-order chi connectivity index (χ1) is 13.6. The largest absolute Gasteiger partial charge is 0.534 e. The molecule has 2 bridgehead atoms. The Balaban J connectivity index is 1.80. The zero-order valence-electron chi connectivity index (χ0n) is 15.4. The smallest absolute Gasteiger partial charge is 0.355 e. The van der Waals surface area contributed by atoms with Crippen molar-refractivity contribution in [1.29, 1.82) is 0 Å². The number of hydrogen-bond donors (Lipinski definition) is 1. The van der Waals surface area contributed by atoms with Gasteiger partial charge in [0, 0.05) is 5.56 Å². The van der Waals surface area contributed by atoms with E-state index in [-0.39, 0.29) is 17.5 Å². The molecule has 0 spiro atoms. The minimum absolute atomic E-state index is 0.0179. The van der Waals surface area contributed by atoms with Gasteiger partial charge in [-0.05, 0) is 61.6 Å². The highest BCUT2D eigenvalue weighted by Crippen LogP contribution is 2.54. The molecule has 5 rings (SSSR count). The van der Waals surface area contributed by atoms with Gasteiger partial charge in [0.05, 0.1) is 17.6 Å². The molecule has 5 nitrogen and oxygen atoms in total. The Bertz CT molecular complexity index is 1060. The van der Waals surface area contributed by atoms with Gasteiger partial charge in [0.2, 0.25) is 5.88 Å². The number of rotatable bonds is 4. The second-order valence-corrected chi connectivity index (χ2v) is 8.94. The number of benzene rings is 1. The molecule has 0 atom stereocenters. The van der Waals surface area contributed by atoms with Gasteiger partial charge in [-0.2, -0.15) is 21.6 Å². The summed E-state index contributed by atoms with van der Waals surface area (Å²) in [6.45, 7) is 1.62. The van der Waals surface area contributed by atoms with Crippen LogP contribution >= 0.6 is 0 Å². The quantitative estimate of drug-likeness (QED) is 0.407. The molecule has 3 aliphatic rings. The molecule has 10 heteroatoms. The van der Waals surface area contributed by atoms with Crippen LogP contribution in [0.5, 0.6) is 5.88 Å². The molecule has 1 aromatic heterocycles. The monoisotopic (exact) mass is 430 g/mol. The van der Waals surface area contributed by atoms with Gasteiger partial charge in [-0.1, -0.05) is 12.1 Å².